The minimum atomic E-state index is -0.523. The third-order valence-electron chi connectivity index (χ3n) is 3.64. The molecule has 7 heteroatoms. The van der Waals surface area contributed by atoms with Gasteiger partial charge in [-0.3, -0.25) is 9.59 Å². The lowest BCUT2D eigenvalue weighted by Gasteiger charge is -2.29. The van der Waals surface area contributed by atoms with Crippen LogP contribution in [-0.2, 0) is 9.59 Å². The van der Waals surface area contributed by atoms with Gasteiger partial charge in [0.25, 0.3) is 0 Å². The van der Waals surface area contributed by atoms with Crippen LogP contribution in [0.15, 0.2) is 18.2 Å². The second-order valence-electron chi connectivity index (χ2n) is 4.87. The molecule has 2 atom stereocenters. The Morgan fingerprint density at radius 3 is 2.64 bits per heavy atom. The molecule has 2 amide bonds. The number of carbonyl (C=O) groups excluding carboxylic acids is 2. The molecule has 1 aliphatic heterocycles. The minimum Gasteiger partial charge on any atom is -0.493 e. The van der Waals surface area contributed by atoms with E-state index < -0.39 is 6.04 Å². The highest BCUT2D eigenvalue weighted by Gasteiger charge is 2.38. The van der Waals surface area contributed by atoms with E-state index in [0.29, 0.717) is 17.3 Å². The summed E-state index contributed by atoms with van der Waals surface area (Å²) >= 11 is 1.50. The van der Waals surface area contributed by atoms with Crippen LogP contribution >= 0.6 is 11.8 Å². The lowest BCUT2D eigenvalue weighted by Crippen LogP contribution is -2.45. The maximum atomic E-state index is 12.2. The van der Waals surface area contributed by atoms with Crippen molar-refractivity contribution in [2.75, 3.05) is 27.0 Å². The normalized spacial score (nSPS) is 19.0. The molecule has 1 aromatic rings. The van der Waals surface area contributed by atoms with E-state index >= 15 is 0 Å². The molecule has 1 aromatic carbocycles. The van der Waals surface area contributed by atoms with Gasteiger partial charge in [-0.15, -0.1) is 11.8 Å². The number of hydrogen-bond donors (Lipinski definition) is 1. The summed E-state index contributed by atoms with van der Waals surface area (Å²) < 4.78 is 10.5. The van der Waals surface area contributed by atoms with Crippen LogP contribution in [0.5, 0.6) is 11.5 Å². The van der Waals surface area contributed by atoms with Gasteiger partial charge in [-0.05, 0) is 24.6 Å². The molecule has 2 rings (SSSR count). The van der Waals surface area contributed by atoms with Crippen molar-refractivity contribution < 1.29 is 19.1 Å². The number of ether oxygens (including phenoxy) is 2. The molecule has 1 aliphatic rings. The summed E-state index contributed by atoms with van der Waals surface area (Å²) in [6, 6.07) is 5.02. The Kier molecular flexibility index (Phi) is 5.18. The summed E-state index contributed by atoms with van der Waals surface area (Å²) in [4.78, 5) is 25.7. The molecule has 0 spiro atoms. The van der Waals surface area contributed by atoms with E-state index in [9.17, 15) is 9.59 Å². The van der Waals surface area contributed by atoms with Crippen LogP contribution in [0.4, 0.5) is 0 Å². The number of amides is 2. The van der Waals surface area contributed by atoms with E-state index in [1.54, 1.807) is 39.2 Å². The average Bonchev–Trinajstić information content (AvgIpc) is 2.94. The first kappa shape index (κ1) is 16.5. The Hall–Kier alpha value is -1.89. The molecule has 0 aromatic heterocycles. The first-order valence-corrected chi connectivity index (χ1v) is 7.94. The number of thioether (sulfide) groups is 1. The van der Waals surface area contributed by atoms with Gasteiger partial charge in [-0.2, -0.15) is 0 Å². The summed E-state index contributed by atoms with van der Waals surface area (Å²) in [5.74, 6) is 1.38. The van der Waals surface area contributed by atoms with Crippen molar-refractivity contribution in [2.24, 2.45) is 0 Å². The van der Waals surface area contributed by atoms with E-state index in [1.165, 1.54) is 11.8 Å². The van der Waals surface area contributed by atoms with Gasteiger partial charge >= 0.3 is 0 Å². The van der Waals surface area contributed by atoms with Gasteiger partial charge in [0.05, 0.1) is 20.0 Å². The van der Waals surface area contributed by atoms with Crippen molar-refractivity contribution in [2.45, 2.75) is 18.3 Å². The number of rotatable bonds is 5. The second-order valence-corrected chi connectivity index (χ2v) is 5.94. The Labute approximate surface area is 134 Å². The lowest BCUT2D eigenvalue weighted by molar-refractivity contribution is -0.137. The summed E-state index contributed by atoms with van der Waals surface area (Å²) in [6.07, 6.45) is 0. The number of nitrogens with zero attached hydrogens (tertiary/aromatic N) is 1. The fourth-order valence-corrected chi connectivity index (χ4v) is 3.70. The Morgan fingerprint density at radius 2 is 2.05 bits per heavy atom. The van der Waals surface area contributed by atoms with Crippen LogP contribution in [0.2, 0.25) is 0 Å². The van der Waals surface area contributed by atoms with E-state index in [-0.39, 0.29) is 17.2 Å². The summed E-state index contributed by atoms with van der Waals surface area (Å²) in [5, 5.41) is 2.38. The van der Waals surface area contributed by atoms with Crippen molar-refractivity contribution >= 4 is 23.6 Å². The van der Waals surface area contributed by atoms with Crippen molar-refractivity contribution in [1.82, 2.24) is 10.2 Å². The molecule has 0 bridgehead atoms. The standard InChI is InChI=1S/C15H20N2O4S/c1-9(14(19)16-2)17-13(18)8-22-15(17)10-5-6-11(20-3)12(7-10)21-4/h5-7,9,15H,8H2,1-4H3,(H,16,19). The highest BCUT2D eigenvalue weighted by atomic mass is 32.2. The van der Waals surface area contributed by atoms with Crippen LogP contribution in [-0.4, -0.2) is 49.8 Å². The van der Waals surface area contributed by atoms with Crippen LogP contribution in [0.25, 0.3) is 0 Å². The highest BCUT2D eigenvalue weighted by Crippen LogP contribution is 2.42. The molecular weight excluding hydrogens is 304 g/mol. The fourth-order valence-electron chi connectivity index (χ4n) is 2.45. The van der Waals surface area contributed by atoms with Gasteiger partial charge in [0.1, 0.15) is 11.4 Å². The maximum Gasteiger partial charge on any atom is 0.242 e. The van der Waals surface area contributed by atoms with E-state index in [2.05, 4.69) is 5.32 Å². The molecule has 120 valence electrons. The first-order valence-electron chi connectivity index (χ1n) is 6.89. The SMILES string of the molecule is CNC(=O)C(C)N1C(=O)CSC1c1ccc(OC)c(OC)c1. The predicted octanol–water partition coefficient (Wildman–Crippen LogP) is 1.41. The third-order valence-corrected chi connectivity index (χ3v) is 4.87. The van der Waals surface area contributed by atoms with Crippen LogP contribution in [0.1, 0.15) is 17.9 Å². The second kappa shape index (κ2) is 6.91. The number of methoxy groups -OCH3 is 2. The zero-order chi connectivity index (χ0) is 16.3. The molecule has 0 aliphatic carbocycles. The van der Waals surface area contributed by atoms with Crippen LogP contribution in [0, 0.1) is 0 Å². The largest absolute Gasteiger partial charge is 0.493 e. The van der Waals surface area contributed by atoms with Crippen molar-refractivity contribution in [3.8, 4) is 11.5 Å². The number of carbonyl (C=O) groups is 2. The number of hydrogen-bond acceptors (Lipinski definition) is 5. The maximum absolute atomic E-state index is 12.2. The molecule has 1 heterocycles. The van der Waals surface area contributed by atoms with Gasteiger partial charge in [0, 0.05) is 7.05 Å². The molecule has 1 saturated heterocycles. The van der Waals surface area contributed by atoms with Gasteiger partial charge in [0.2, 0.25) is 11.8 Å². The summed E-state index contributed by atoms with van der Waals surface area (Å²) in [6.45, 7) is 1.73. The van der Waals surface area contributed by atoms with Crippen molar-refractivity contribution in [3.63, 3.8) is 0 Å². The smallest absolute Gasteiger partial charge is 0.242 e. The number of benzene rings is 1. The van der Waals surface area contributed by atoms with Crippen LogP contribution in [0.3, 0.4) is 0 Å². The highest BCUT2D eigenvalue weighted by molar-refractivity contribution is 8.00. The van der Waals surface area contributed by atoms with Gasteiger partial charge in [-0.1, -0.05) is 6.07 Å². The quantitative estimate of drug-likeness (QED) is 0.887. The van der Waals surface area contributed by atoms with E-state index in [4.69, 9.17) is 9.47 Å². The molecule has 1 N–H and O–H groups in total. The molecule has 2 unspecified atom stereocenters. The van der Waals surface area contributed by atoms with Gasteiger partial charge in [-0.25, -0.2) is 0 Å². The molecular formula is C15H20N2O4S. The predicted molar refractivity (Wildman–Crippen MR) is 85.1 cm³/mol. The number of nitrogens with one attached hydrogen (secondary N) is 1. The Bertz CT molecular complexity index is 579. The van der Waals surface area contributed by atoms with Crippen molar-refractivity contribution in [1.29, 1.82) is 0 Å². The van der Waals surface area contributed by atoms with Gasteiger partial charge in [0.15, 0.2) is 11.5 Å². The van der Waals surface area contributed by atoms with E-state index in [1.807, 2.05) is 12.1 Å². The van der Waals surface area contributed by atoms with Crippen molar-refractivity contribution in [3.05, 3.63) is 23.8 Å². The molecule has 22 heavy (non-hydrogen) atoms. The summed E-state index contributed by atoms with van der Waals surface area (Å²) in [7, 11) is 4.71. The zero-order valence-corrected chi connectivity index (χ0v) is 13.9. The fraction of sp³-hybridized carbons (Fsp3) is 0.467. The summed E-state index contributed by atoms with van der Waals surface area (Å²) in [5.41, 5.74) is 0.907. The Balaban J connectivity index is 2.34. The lowest BCUT2D eigenvalue weighted by atomic mass is 10.1. The molecule has 0 radical (unpaired) electrons. The monoisotopic (exact) mass is 324 g/mol. The molecule has 1 fully saturated rings. The van der Waals surface area contributed by atoms with Gasteiger partial charge < -0.3 is 19.7 Å². The van der Waals surface area contributed by atoms with Crippen LogP contribution < -0.4 is 14.8 Å². The first-order chi connectivity index (χ1) is 10.5. The minimum absolute atomic E-state index is 0.0408. The zero-order valence-electron chi connectivity index (χ0n) is 13.1. The average molecular weight is 324 g/mol. The number of likely N-dealkylation sites (N-methyl/N-ethyl adjacent to an activating group) is 1. The van der Waals surface area contributed by atoms with E-state index in [0.717, 1.165) is 5.56 Å². The topological polar surface area (TPSA) is 67.9 Å². The Morgan fingerprint density at radius 1 is 1.36 bits per heavy atom. The molecule has 6 nitrogen and oxygen atoms in total. The molecule has 0 saturated carbocycles. The third kappa shape index (κ3) is 2.99.